The molecule has 0 spiro atoms. The first-order valence-corrected chi connectivity index (χ1v) is 14.4. The van der Waals surface area contributed by atoms with E-state index in [1.165, 1.54) is 6.92 Å². The molecule has 0 aliphatic rings. The highest BCUT2D eigenvalue weighted by molar-refractivity contribution is 5.96. The lowest BCUT2D eigenvalue weighted by atomic mass is 10.1. The number of hydrogen-bond acceptors (Lipinski definition) is 11. The Morgan fingerprint density at radius 2 is 1.09 bits per heavy atom. The van der Waals surface area contributed by atoms with Gasteiger partial charge >= 0.3 is 11.9 Å². The third-order valence-electron chi connectivity index (χ3n) is 6.19. The van der Waals surface area contributed by atoms with Gasteiger partial charge in [0.05, 0.1) is 13.2 Å². The van der Waals surface area contributed by atoms with Crippen LogP contribution in [0, 0.1) is 0 Å². The average Bonchev–Trinajstić information content (AvgIpc) is 2.99. The van der Waals surface area contributed by atoms with Crippen molar-refractivity contribution in [3.8, 4) is 0 Å². The van der Waals surface area contributed by atoms with E-state index in [0.29, 0.717) is 0 Å². The zero-order chi connectivity index (χ0) is 36.1. The number of guanidine groups is 2. The average molecular weight is 675 g/mol. The summed E-state index contributed by atoms with van der Waals surface area (Å²) < 4.78 is 0. The Labute approximate surface area is 269 Å². The second-order valence-corrected chi connectivity index (χ2v) is 10.1. The molecule has 0 rings (SSSR count). The van der Waals surface area contributed by atoms with Crippen molar-refractivity contribution < 1.29 is 48.9 Å². The number of hydrogen-bond donors (Lipinski definition) is 13. The smallest absolute Gasteiger partial charge is 0.326 e. The summed E-state index contributed by atoms with van der Waals surface area (Å²) >= 11 is 0. The molecule has 0 saturated heterocycles. The van der Waals surface area contributed by atoms with Gasteiger partial charge in [0.25, 0.3) is 0 Å². The summed E-state index contributed by atoms with van der Waals surface area (Å²) in [5.74, 6) is -7.56. The number of aliphatic carboxylic acids is 2. The maximum atomic E-state index is 13.2. The molecule has 0 radical (unpaired) electrons. The van der Waals surface area contributed by atoms with Crippen LogP contribution in [0.2, 0.25) is 0 Å². The monoisotopic (exact) mass is 674 g/mol. The summed E-state index contributed by atoms with van der Waals surface area (Å²) in [4.78, 5) is 93.4. The van der Waals surface area contributed by atoms with Gasteiger partial charge in [0, 0.05) is 19.5 Å². The minimum Gasteiger partial charge on any atom is -0.481 e. The van der Waals surface area contributed by atoms with Gasteiger partial charge < -0.3 is 70.6 Å². The van der Waals surface area contributed by atoms with Crippen molar-refractivity contribution in [1.82, 2.24) is 26.6 Å². The molecule has 266 valence electrons. The Kier molecular flexibility index (Phi) is 19.8. The summed E-state index contributed by atoms with van der Waals surface area (Å²) in [5, 5.41) is 39.3. The van der Waals surface area contributed by atoms with Crippen molar-refractivity contribution in [3.05, 3.63) is 0 Å². The molecule has 0 saturated carbocycles. The Bertz CT molecular complexity index is 1160. The maximum absolute atomic E-state index is 13.2. The highest BCUT2D eigenvalue weighted by Crippen LogP contribution is 2.05. The van der Waals surface area contributed by atoms with E-state index in [1.807, 2.05) is 0 Å². The van der Waals surface area contributed by atoms with E-state index in [1.54, 1.807) is 0 Å². The van der Waals surface area contributed by atoms with Crippen LogP contribution in [0.3, 0.4) is 0 Å². The number of nitrogens with two attached hydrogens (primary N) is 5. The number of carboxylic acid groups (broad SMARTS) is 2. The molecule has 0 aromatic heterocycles. The molecule has 0 aromatic carbocycles. The molecule has 5 atom stereocenters. The summed E-state index contributed by atoms with van der Waals surface area (Å²) in [6.07, 6.45) is -0.551. The number of amides is 5. The van der Waals surface area contributed by atoms with Gasteiger partial charge in [-0.3, -0.25) is 38.8 Å². The molecule has 5 amide bonds. The van der Waals surface area contributed by atoms with Crippen molar-refractivity contribution >= 4 is 53.4 Å². The number of nitrogens with one attached hydrogen (secondary N) is 5. The molecule has 0 heterocycles. The molecule has 0 aliphatic heterocycles. The Hall–Kier alpha value is -5.25. The molecule has 0 bridgehead atoms. The third-order valence-corrected chi connectivity index (χ3v) is 6.19. The van der Waals surface area contributed by atoms with Crippen LogP contribution < -0.4 is 55.3 Å². The molecule has 22 nitrogen and oxygen atoms in total. The van der Waals surface area contributed by atoms with Gasteiger partial charge in [-0.15, -0.1) is 0 Å². The van der Waals surface area contributed by atoms with E-state index in [9.17, 15) is 43.8 Å². The van der Waals surface area contributed by atoms with Crippen molar-refractivity contribution in [2.24, 2.45) is 38.7 Å². The second-order valence-electron chi connectivity index (χ2n) is 10.1. The van der Waals surface area contributed by atoms with Gasteiger partial charge in [-0.2, -0.15) is 0 Å². The predicted octanol–water partition coefficient (Wildman–Crippen LogP) is -6.56. The first kappa shape index (κ1) is 41.8. The van der Waals surface area contributed by atoms with Crippen molar-refractivity contribution in [2.75, 3.05) is 26.2 Å². The Balaban J connectivity index is 5.72. The lowest BCUT2D eigenvalue weighted by Crippen LogP contribution is -2.59. The number of nitrogens with zero attached hydrogens (tertiary/aromatic N) is 2. The minimum absolute atomic E-state index is 0.0529. The third kappa shape index (κ3) is 18.3. The fourth-order valence-electron chi connectivity index (χ4n) is 3.74. The molecule has 22 heteroatoms. The number of aliphatic hydroxyl groups is 1. The van der Waals surface area contributed by atoms with E-state index >= 15 is 0 Å². The molecule has 0 aromatic rings. The summed E-state index contributed by atoms with van der Waals surface area (Å²) in [6.45, 7) is 0.0135. The molecule has 5 unspecified atom stereocenters. The lowest BCUT2D eigenvalue weighted by molar-refractivity contribution is -0.143. The van der Waals surface area contributed by atoms with Crippen molar-refractivity contribution in [1.29, 1.82) is 0 Å². The van der Waals surface area contributed by atoms with Crippen LogP contribution in [0.15, 0.2) is 9.98 Å². The summed E-state index contributed by atoms with van der Waals surface area (Å²) in [5.41, 5.74) is 26.6. The SMILES string of the molecule is CC(NC(=O)C(CO)NC(=O)C(CCCN=C(N)N)NC(=O)C(CCCN=C(N)N)NC(=O)CN)C(=O)NC(CCC(=O)O)C(=O)O. The van der Waals surface area contributed by atoms with Crippen molar-refractivity contribution in [3.63, 3.8) is 0 Å². The predicted molar refractivity (Wildman–Crippen MR) is 166 cm³/mol. The molecule has 18 N–H and O–H groups in total. The van der Waals surface area contributed by atoms with E-state index in [0.717, 1.165) is 0 Å². The van der Waals surface area contributed by atoms with Crippen LogP contribution in [-0.4, -0.2) is 125 Å². The van der Waals surface area contributed by atoms with E-state index in [2.05, 4.69) is 36.6 Å². The van der Waals surface area contributed by atoms with Gasteiger partial charge in [0.2, 0.25) is 29.5 Å². The zero-order valence-corrected chi connectivity index (χ0v) is 25.9. The largest absolute Gasteiger partial charge is 0.481 e. The van der Waals surface area contributed by atoms with Gasteiger partial charge in [-0.05, 0) is 39.0 Å². The number of carboxylic acids is 2. The highest BCUT2D eigenvalue weighted by Gasteiger charge is 2.31. The standard InChI is InChI=1S/C25H46N12O10/c1-12(19(42)36-15(23(46)47)6-7-18(40)41)33-22(45)16(11-38)37-21(44)14(5-3-9-32-25(29)30)35-20(43)13(34-17(39)10-26)4-2-8-31-24(27)28/h12-16,38H,2-11,26H2,1H3,(H,33,45)(H,34,39)(H,35,43)(H,36,42)(H,37,44)(H,40,41)(H,46,47)(H4,27,28,31)(H4,29,30,32). The zero-order valence-electron chi connectivity index (χ0n) is 25.9. The number of carbonyl (C=O) groups excluding carboxylic acids is 5. The van der Waals surface area contributed by atoms with Crippen LogP contribution in [-0.2, 0) is 33.6 Å². The number of aliphatic imine (C=N–C) groups is 2. The number of carbonyl (C=O) groups is 7. The number of rotatable bonds is 23. The Morgan fingerprint density at radius 1 is 0.638 bits per heavy atom. The van der Waals surface area contributed by atoms with Gasteiger partial charge in [-0.1, -0.05) is 0 Å². The van der Waals surface area contributed by atoms with Crippen LogP contribution in [0.5, 0.6) is 0 Å². The molecule has 0 aliphatic carbocycles. The van der Waals surface area contributed by atoms with Gasteiger partial charge in [-0.25, -0.2) is 4.79 Å². The molecular formula is C25H46N12O10. The summed E-state index contributed by atoms with van der Waals surface area (Å²) in [6, 6.07) is -7.06. The quantitative estimate of drug-likeness (QED) is 0.0272. The first-order chi connectivity index (χ1) is 22.0. The molecule has 47 heavy (non-hydrogen) atoms. The first-order valence-electron chi connectivity index (χ1n) is 14.4. The van der Waals surface area contributed by atoms with Gasteiger partial charge in [0.1, 0.15) is 30.2 Å². The highest BCUT2D eigenvalue weighted by atomic mass is 16.4. The van der Waals surface area contributed by atoms with E-state index < -0.39 is 97.7 Å². The van der Waals surface area contributed by atoms with Crippen LogP contribution in [0.1, 0.15) is 45.4 Å². The van der Waals surface area contributed by atoms with Crippen molar-refractivity contribution in [2.45, 2.75) is 75.7 Å². The minimum atomic E-state index is -1.63. The topological polar surface area (TPSA) is 395 Å². The van der Waals surface area contributed by atoms with Crippen LogP contribution in [0.4, 0.5) is 0 Å². The molecular weight excluding hydrogens is 628 g/mol. The van der Waals surface area contributed by atoms with Crippen LogP contribution in [0.25, 0.3) is 0 Å². The summed E-state index contributed by atoms with van der Waals surface area (Å²) in [7, 11) is 0. The fourth-order valence-corrected chi connectivity index (χ4v) is 3.74. The fraction of sp³-hybridized carbons (Fsp3) is 0.640. The molecule has 0 fully saturated rings. The normalized spacial score (nSPS) is 13.7. The van der Waals surface area contributed by atoms with Crippen LogP contribution >= 0.6 is 0 Å². The number of aliphatic hydroxyl groups excluding tert-OH is 1. The maximum Gasteiger partial charge on any atom is 0.326 e. The van der Waals surface area contributed by atoms with Gasteiger partial charge in [0.15, 0.2) is 11.9 Å². The van der Waals surface area contributed by atoms with E-state index in [-0.39, 0.29) is 50.7 Å². The Morgan fingerprint density at radius 3 is 1.51 bits per heavy atom. The second kappa shape index (κ2) is 22.3. The van der Waals surface area contributed by atoms with E-state index in [4.69, 9.17) is 33.8 Å². The lowest BCUT2D eigenvalue weighted by Gasteiger charge is -2.25.